The SMILES string of the molecule is CCCNC(c1ccc(C)c(C)c1OC)C1CCC1. The van der Waals surface area contributed by atoms with Crippen LogP contribution in [0.15, 0.2) is 12.1 Å². The van der Waals surface area contributed by atoms with Crippen LogP contribution in [-0.2, 0) is 0 Å². The number of hydrogen-bond acceptors (Lipinski definition) is 2. The van der Waals surface area contributed by atoms with E-state index in [2.05, 4.69) is 38.2 Å². The molecule has 2 heteroatoms. The third-order valence-corrected chi connectivity index (χ3v) is 4.48. The third-order valence-electron chi connectivity index (χ3n) is 4.48. The van der Waals surface area contributed by atoms with Gasteiger partial charge in [0.2, 0.25) is 0 Å². The van der Waals surface area contributed by atoms with Crippen molar-refractivity contribution < 1.29 is 4.74 Å². The molecule has 2 rings (SSSR count). The van der Waals surface area contributed by atoms with E-state index in [1.54, 1.807) is 7.11 Å². The summed E-state index contributed by atoms with van der Waals surface area (Å²) in [5.74, 6) is 1.86. The number of benzene rings is 1. The molecule has 19 heavy (non-hydrogen) atoms. The summed E-state index contributed by atoms with van der Waals surface area (Å²) in [5, 5.41) is 3.73. The van der Waals surface area contributed by atoms with Crippen LogP contribution >= 0.6 is 0 Å². The number of hydrogen-bond donors (Lipinski definition) is 1. The quantitative estimate of drug-likeness (QED) is 0.830. The second-order valence-electron chi connectivity index (χ2n) is 5.75. The second-order valence-corrected chi connectivity index (χ2v) is 5.75. The molecule has 0 bridgehead atoms. The van der Waals surface area contributed by atoms with Gasteiger partial charge in [0, 0.05) is 11.6 Å². The van der Waals surface area contributed by atoms with Crippen LogP contribution in [0.25, 0.3) is 0 Å². The lowest BCUT2D eigenvalue weighted by Gasteiger charge is -2.36. The maximum absolute atomic E-state index is 5.70. The van der Waals surface area contributed by atoms with Gasteiger partial charge in [-0.15, -0.1) is 0 Å². The van der Waals surface area contributed by atoms with Gasteiger partial charge in [-0.3, -0.25) is 0 Å². The van der Waals surface area contributed by atoms with E-state index in [1.165, 1.54) is 42.4 Å². The Balaban J connectivity index is 2.31. The van der Waals surface area contributed by atoms with Crippen molar-refractivity contribution in [3.05, 3.63) is 28.8 Å². The number of ether oxygens (including phenoxy) is 1. The molecule has 1 saturated carbocycles. The predicted octanol–water partition coefficient (Wildman–Crippen LogP) is 4.15. The van der Waals surface area contributed by atoms with Crippen LogP contribution in [0.1, 0.15) is 55.3 Å². The van der Waals surface area contributed by atoms with E-state index in [-0.39, 0.29) is 0 Å². The Bertz CT molecular complexity index is 424. The third kappa shape index (κ3) is 2.94. The minimum absolute atomic E-state index is 0.461. The Morgan fingerprint density at radius 1 is 1.32 bits per heavy atom. The molecule has 1 fully saturated rings. The van der Waals surface area contributed by atoms with Crippen LogP contribution in [-0.4, -0.2) is 13.7 Å². The summed E-state index contributed by atoms with van der Waals surface area (Å²) in [5.41, 5.74) is 3.94. The highest BCUT2D eigenvalue weighted by Crippen LogP contribution is 2.42. The fourth-order valence-electron chi connectivity index (χ4n) is 2.93. The summed E-state index contributed by atoms with van der Waals surface area (Å²) in [7, 11) is 1.79. The summed E-state index contributed by atoms with van der Waals surface area (Å²) < 4.78 is 5.70. The number of nitrogens with one attached hydrogen (secondary N) is 1. The summed E-state index contributed by atoms with van der Waals surface area (Å²) >= 11 is 0. The normalized spacial score (nSPS) is 17.1. The molecule has 1 unspecified atom stereocenters. The first-order valence-electron chi connectivity index (χ1n) is 7.56. The molecular formula is C17H27NO. The van der Waals surface area contributed by atoms with Gasteiger partial charge in [-0.25, -0.2) is 0 Å². The van der Waals surface area contributed by atoms with E-state index in [0.29, 0.717) is 6.04 Å². The fraction of sp³-hybridized carbons (Fsp3) is 0.647. The molecule has 0 amide bonds. The molecule has 0 heterocycles. The maximum atomic E-state index is 5.70. The molecule has 0 aromatic heterocycles. The number of rotatable bonds is 6. The minimum atomic E-state index is 0.461. The number of aryl methyl sites for hydroxylation is 1. The van der Waals surface area contributed by atoms with Crippen molar-refractivity contribution in [3.8, 4) is 5.75 Å². The van der Waals surface area contributed by atoms with Crippen molar-refractivity contribution in [2.45, 2.75) is 52.5 Å². The molecule has 106 valence electrons. The van der Waals surface area contributed by atoms with Crippen LogP contribution in [0, 0.1) is 19.8 Å². The van der Waals surface area contributed by atoms with Gasteiger partial charge in [0.15, 0.2) is 0 Å². The first kappa shape index (κ1) is 14.4. The van der Waals surface area contributed by atoms with Gasteiger partial charge in [-0.2, -0.15) is 0 Å². The first-order chi connectivity index (χ1) is 9.19. The Hall–Kier alpha value is -1.02. The van der Waals surface area contributed by atoms with Crippen molar-refractivity contribution in [3.63, 3.8) is 0 Å². The van der Waals surface area contributed by atoms with Crippen LogP contribution < -0.4 is 10.1 Å². The van der Waals surface area contributed by atoms with Gasteiger partial charge in [0.05, 0.1) is 7.11 Å². The maximum Gasteiger partial charge on any atom is 0.126 e. The van der Waals surface area contributed by atoms with Gasteiger partial charge in [0.1, 0.15) is 5.75 Å². The van der Waals surface area contributed by atoms with Crippen LogP contribution in [0.5, 0.6) is 5.75 Å². The lowest BCUT2D eigenvalue weighted by Crippen LogP contribution is -2.33. The minimum Gasteiger partial charge on any atom is -0.496 e. The summed E-state index contributed by atoms with van der Waals surface area (Å²) in [6.07, 6.45) is 5.24. The van der Waals surface area contributed by atoms with Gasteiger partial charge in [0.25, 0.3) is 0 Å². The largest absolute Gasteiger partial charge is 0.496 e. The monoisotopic (exact) mass is 261 g/mol. The molecule has 1 aromatic rings. The van der Waals surface area contributed by atoms with Crippen LogP contribution in [0.4, 0.5) is 0 Å². The van der Waals surface area contributed by atoms with Crippen molar-refractivity contribution in [1.29, 1.82) is 0 Å². The topological polar surface area (TPSA) is 21.3 Å². The number of methoxy groups -OCH3 is 1. The molecule has 2 nitrogen and oxygen atoms in total. The average Bonchev–Trinajstić information content (AvgIpc) is 2.35. The summed E-state index contributed by atoms with van der Waals surface area (Å²) in [6, 6.07) is 4.95. The Morgan fingerprint density at radius 2 is 2.05 bits per heavy atom. The zero-order chi connectivity index (χ0) is 13.8. The zero-order valence-electron chi connectivity index (χ0n) is 12.8. The van der Waals surface area contributed by atoms with Crippen molar-refractivity contribution in [2.24, 2.45) is 5.92 Å². The standard InChI is InChI=1S/C17H27NO/c1-5-11-18-16(14-7-6-8-14)15-10-9-12(2)13(3)17(15)19-4/h9-10,14,16,18H,5-8,11H2,1-4H3. The highest BCUT2D eigenvalue weighted by molar-refractivity contribution is 5.47. The average molecular weight is 261 g/mol. The molecule has 1 aromatic carbocycles. The molecule has 1 N–H and O–H groups in total. The lowest BCUT2D eigenvalue weighted by molar-refractivity contribution is 0.226. The molecule has 0 aliphatic heterocycles. The van der Waals surface area contributed by atoms with E-state index >= 15 is 0 Å². The predicted molar refractivity (Wildman–Crippen MR) is 80.8 cm³/mol. The van der Waals surface area contributed by atoms with Crippen molar-refractivity contribution in [1.82, 2.24) is 5.32 Å². The lowest BCUT2D eigenvalue weighted by atomic mass is 9.76. The Morgan fingerprint density at radius 3 is 2.58 bits per heavy atom. The fourth-order valence-corrected chi connectivity index (χ4v) is 2.93. The van der Waals surface area contributed by atoms with Crippen LogP contribution in [0.3, 0.4) is 0 Å². The second kappa shape index (κ2) is 6.42. The smallest absolute Gasteiger partial charge is 0.126 e. The summed E-state index contributed by atoms with van der Waals surface area (Å²) in [6.45, 7) is 7.62. The van der Waals surface area contributed by atoms with Crippen molar-refractivity contribution >= 4 is 0 Å². The molecule has 0 radical (unpaired) electrons. The highest BCUT2D eigenvalue weighted by atomic mass is 16.5. The highest BCUT2D eigenvalue weighted by Gasteiger charge is 2.30. The van der Waals surface area contributed by atoms with Gasteiger partial charge in [-0.1, -0.05) is 25.5 Å². The van der Waals surface area contributed by atoms with Crippen molar-refractivity contribution in [2.75, 3.05) is 13.7 Å². The zero-order valence-corrected chi connectivity index (χ0v) is 12.8. The molecule has 0 saturated heterocycles. The summed E-state index contributed by atoms with van der Waals surface area (Å²) in [4.78, 5) is 0. The molecule has 0 spiro atoms. The Kier molecular flexibility index (Phi) is 4.87. The van der Waals surface area contributed by atoms with Gasteiger partial charge < -0.3 is 10.1 Å². The Labute approximate surface area is 117 Å². The molecule has 1 atom stereocenters. The molecule has 1 aliphatic rings. The molecule has 1 aliphatic carbocycles. The van der Waals surface area contributed by atoms with E-state index < -0.39 is 0 Å². The van der Waals surface area contributed by atoms with Gasteiger partial charge in [-0.05, 0) is 56.7 Å². The van der Waals surface area contributed by atoms with E-state index in [0.717, 1.165) is 18.2 Å². The van der Waals surface area contributed by atoms with E-state index in [1.807, 2.05) is 0 Å². The first-order valence-corrected chi connectivity index (χ1v) is 7.56. The van der Waals surface area contributed by atoms with E-state index in [9.17, 15) is 0 Å². The van der Waals surface area contributed by atoms with E-state index in [4.69, 9.17) is 4.74 Å². The molecular weight excluding hydrogens is 234 g/mol. The van der Waals surface area contributed by atoms with Crippen LogP contribution in [0.2, 0.25) is 0 Å². The van der Waals surface area contributed by atoms with Gasteiger partial charge >= 0.3 is 0 Å².